The van der Waals surface area contributed by atoms with Crippen LogP contribution in [0.15, 0.2) is 28.7 Å². The molecule has 0 saturated carbocycles. The van der Waals surface area contributed by atoms with E-state index in [9.17, 15) is 4.79 Å². The van der Waals surface area contributed by atoms with E-state index in [0.717, 1.165) is 4.47 Å². The van der Waals surface area contributed by atoms with Gasteiger partial charge in [-0.1, -0.05) is 15.9 Å². The summed E-state index contributed by atoms with van der Waals surface area (Å²) in [6.45, 7) is 0.708. The molecule has 0 aromatic heterocycles. The highest BCUT2D eigenvalue weighted by Gasteiger charge is 2.14. The highest BCUT2D eigenvalue weighted by Crippen LogP contribution is 2.12. The second kappa shape index (κ2) is 7.47. The summed E-state index contributed by atoms with van der Waals surface area (Å²) in [6.07, 6.45) is 0.543. The van der Waals surface area contributed by atoms with Crippen LogP contribution < -0.4 is 0 Å². The SMILES string of the molecule is N#CCCN(CCC#N)C(=O)c1ccc(Br)cc1. The largest absolute Gasteiger partial charge is 0.337 e. The van der Waals surface area contributed by atoms with Crippen molar-refractivity contribution in [3.05, 3.63) is 34.3 Å². The molecule has 1 aromatic rings. The molecule has 1 rings (SSSR count). The number of carbonyl (C=O) groups excluding carboxylic acids is 1. The Hall–Kier alpha value is -1.85. The van der Waals surface area contributed by atoms with Crippen molar-refractivity contribution in [1.82, 2.24) is 4.90 Å². The van der Waals surface area contributed by atoms with Gasteiger partial charge in [-0.3, -0.25) is 4.79 Å². The fraction of sp³-hybridized carbons (Fsp3) is 0.308. The molecule has 0 fully saturated rings. The van der Waals surface area contributed by atoms with Crippen molar-refractivity contribution in [3.8, 4) is 12.1 Å². The van der Waals surface area contributed by atoms with Gasteiger partial charge in [0.25, 0.3) is 5.91 Å². The Balaban J connectivity index is 2.78. The summed E-state index contributed by atoms with van der Waals surface area (Å²) in [5.41, 5.74) is 0.564. The Bertz CT molecular complexity index is 466. The van der Waals surface area contributed by atoms with Crippen LogP contribution in [0.5, 0.6) is 0 Å². The van der Waals surface area contributed by atoms with Crippen molar-refractivity contribution in [2.75, 3.05) is 13.1 Å². The maximum Gasteiger partial charge on any atom is 0.253 e. The van der Waals surface area contributed by atoms with Crippen molar-refractivity contribution in [2.45, 2.75) is 12.8 Å². The van der Waals surface area contributed by atoms with Crippen molar-refractivity contribution in [1.29, 1.82) is 10.5 Å². The number of benzene rings is 1. The fourth-order valence-corrected chi connectivity index (χ4v) is 1.72. The standard InChI is InChI=1S/C13H12BrN3O/c14-12-5-3-11(4-6-12)13(18)17(9-1-7-15)10-2-8-16/h3-6H,1-2,9-10H2. The Labute approximate surface area is 115 Å². The Morgan fingerprint density at radius 3 is 2.06 bits per heavy atom. The molecule has 0 atom stereocenters. The number of amides is 1. The van der Waals surface area contributed by atoms with E-state index in [0.29, 0.717) is 18.7 Å². The minimum absolute atomic E-state index is 0.145. The molecule has 0 unspecified atom stereocenters. The lowest BCUT2D eigenvalue weighted by Crippen LogP contribution is -2.32. The molecule has 0 heterocycles. The quantitative estimate of drug-likeness (QED) is 0.840. The van der Waals surface area contributed by atoms with Crippen LogP contribution >= 0.6 is 15.9 Å². The predicted molar refractivity (Wildman–Crippen MR) is 70.5 cm³/mol. The Morgan fingerprint density at radius 1 is 1.11 bits per heavy atom. The van der Waals surface area contributed by atoms with Gasteiger partial charge in [0, 0.05) is 23.1 Å². The minimum Gasteiger partial charge on any atom is -0.337 e. The zero-order chi connectivity index (χ0) is 13.4. The average Bonchev–Trinajstić information content (AvgIpc) is 2.39. The minimum atomic E-state index is -0.145. The number of nitriles is 2. The van der Waals surface area contributed by atoms with Gasteiger partial charge < -0.3 is 4.90 Å². The lowest BCUT2D eigenvalue weighted by atomic mass is 10.2. The lowest BCUT2D eigenvalue weighted by molar-refractivity contribution is 0.0762. The summed E-state index contributed by atoms with van der Waals surface area (Å²) in [4.78, 5) is 13.7. The molecule has 0 spiro atoms. The zero-order valence-corrected chi connectivity index (χ0v) is 11.4. The van der Waals surface area contributed by atoms with Gasteiger partial charge >= 0.3 is 0 Å². The van der Waals surface area contributed by atoms with Crippen LogP contribution in [0.3, 0.4) is 0 Å². The Morgan fingerprint density at radius 2 is 1.61 bits per heavy atom. The first kappa shape index (κ1) is 14.2. The van der Waals surface area contributed by atoms with Gasteiger partial charge in [0.05, 0.1) is 25.0 Å². The van der Waals surface area contributed by atoms with Gasteiger partial charge in [-0.05, 0) is 24.3 Å². The molecule has 4 nitrogen and oxygen atoms in total. The zero-order valence-electron chi connectivity index (χ0n) is 9.77. The summed E-state index contributed by atoms with van der Waals surface area (Å²) in [5.74, 6) is -0.145. The highest BCUT2D eigenvalue weighted by atomic mass is 79.9. The molecule has 0 aliphatic carbocycles. The monoisotopic (exact) mass is 305 g/mol. The van der Waals surface area contributed by atoms with Crippen molar-refractivity contribution in [3.63, 3.8) is 0 Å². The summed E-state index contributed by atoms with van der Waals surface area (Å²) < 4.78 is 0.902. The molecule has 0 saturated heterocycles. The van der Waals surface area contributed by atoms with E-state index in [1.54, 1.807) is 24.3 Å². The van der Waals surface area contributed by atoms with Crippen molar-refractivity contribution >= 4 is 21.8 Å². The molecular formula is C13H12BrN3O. The molecule has 0 aliphatic rings. The van der Waals surface area contributed by atoms with Crippen LogP contribution in [-0.4, -0.2) is 23.9 Å². The number of hydrogen-bond donors (Lipinski definition) is 0. The first-order valence-electron chi connectivity index (χ1n) is 5.47. The van der Waals surface area contributed by atoms with E-state index in [1.165, 1.54) is 4.90 Å². The molecule has 1 amide bonds. The van der Waals surface area contributed by atoms with Gasteiger partial charge in [0.2, 0.25) is 0 Å². The van der Waals surface area contributed by atoms with Crippen LogP contribution in [0.2, 0.25) is 0 Å². The van der Waals surface area contributed by atoms with E-state index in [2.05, 4.69) is 15.9 Å². The molecule has 5 heteroatoms. The maximum atomic E-state index is 12.2. The first-order chi connectivity index (χ1) is 8.69. The molecule has 0 radical (unpaired) electrons. The third kappa shape index (κ3) is 4.20. The van der Waals surface area contributed by atoms with Gasteiger partial charge in [0.1, 0.15) is 0 Å². The summed E-state index contributed by atoms with van der Waals surface area (Å²) in [6, 6.07) is 11.0. The van der Waals surface area contributed by atoms with Crippen LogP contribution in [0, 0.1) is 22.7 Å². The number of hydrogen-bond acceptors (Lipinski definition) is 3. The number of nitrogens with zero attached hydrogens (tertiary/aromatic N) is 3. The molecule has 0 N–H and O–H groups in total. The Kier molecular flexibility index (Phi) is 5.90. The molecular weight excluding hydrogens is 294 g/mol. The predicted octanol–water partition coefficient (Wildman–Crippen LogP) is 2.72. The third-order valence-electron chi connectivity index (χ3n) is 2.37. The third-order valence-corrected chi connectivity index (χ3v) is 2.89. The number of rotatable bonds is 5. The van der Waals surface area contributed by atoms with Gasteiger partial charge in [-0.25, -0.2) is 0 Å². The second-order valence-electron chi connectivity index (χ2n) is 3.62. The highest BCUT2D eigenvalue weighted by molar-refractivity contribution is 9.10. The van der Waals surface area contributed by atoms with E-state index in [1.807, 2.05) is 12.1 Å². The first-order valence-corrected chi connectivity index (χ1v) is 6.27. The topological polar surface area (TPSA) is 67.9 Å². The molecule has 0 bridgehead atoms. The normalized spacial score (nSPS) is 9.28. The van der Waals surface area contributed by atoms with Crippen LogP contribution in [-0.2, 0) is 0 Å². The summed E-state index contributed by atoms with van der Waals surface area (Å²) in [5, 5.41) is 17.1. The summed E-state index contributed by atoms with van der Waals surface area (Å²) in [7, 11) is 0. The van der Waals surface area contributed by atoms with Crippen LogP contribution in [0.4, 0.5) is 0 Å². The second-order valence-corrected chi connectivity index (χ2v) is 4.53. The van der Waals surface area contributed by atoms with Crippen LogP contribution in [0.25, 0.3) is 0 Å². The van der Waals surface area contributed by atoms with Crippen molar-refractivity contribution in [2.24, 2.45) is 0 Å². The van der Waals surface area contributed by atoms with Crippen molar-refractivity contribution < 1.29 is 4.79 Å². The molecule has 0 aliphatic heterocycles. The van der Waals surface area contributed by atoms with Gasteiger partial charge in [-0.2, -0.15) is 10.5 Å². The fourth-order valence-electron chi connectivity index (χ4n) is 1.46. The van der Waals surface area contributed by atoms with E-state index < -0.39 is 0 Å². The average molecular weight is 306 g/mol. The molecule has 18 heavy (non-hydrogen) atoms. The van der Waals surface area contributed by atoms with E-state index in [-0.39, 0.29) is 18.7 Å². The van der Waals surface area contributed by atoms with Gasteiger partial charge in [-0.15, -0.1) is 0 Å². The maximum absolute atomic E-state index is 12.2. The number of halogens is 1. The van der Waals surface area contributed by atoms with E-state index in [4.69, 9.17) is 10.5 Å². The van der Waals surface area contributed by atoms with E-state index >= 15 is 0 Å². The number of carbonyl (C=O) groups is 1. The smallest absolute Gasteiger partial charge is 0.253 e. The van der Waals surface area contributed by atoms with Gasteiger partial charge in [0.15, 0.2) is 0 Å². The molecule has 1 aromatic carbocycles. The van der Waals surface area contributed by atoms with Crippen LogP contribution in [0.1, 0.15) is 23.2 Å². The molecule has 92 valence electrons. The summed E-state index contributed by atoms with van der Waals surface area (Å²) >= 11 is 3.30. The lowest BCUT2D eigenvalue weighted by Gasteiger charge is -2.20.